The molecule has 1 aromatic heterocycles. The fraction of sp³-hybridized carbons (Fsp3) is 0.346. The minimum Gasteiger partial charge on any atom is -0.495 e. The first-order chi connectivity index (χ1) is 16.4. The van der Waals surface area contributed by atoms with Crippen LogP contribution in [0.1, 0.15) is 28.0 Å². The van der Waals surface area contributed by atoms with Gasteiger partial charge in [0.05, 0.1) is 23.7 Å². The van der Waals surface area contributed by atoms with Crippen LogP contribution in [0.25, 0.3) is 0 Å². The van der Waals surface area contributed by atoms with Crippen molar-refractivity contribution in [3.63, 3.8) is 0 Å². The molecule has 1 atom stereocenters. The maximum atomic E-state index is 13.4. The van der Waals surface area contributed by atoms with Gasteiger partial charge in [-0.3, -0.25) is 9.69 Å². The lowest BCUT2D eigenvalue weighted by Crippen LogP contribution is -2.53. The van der Waals surface area contributed by atoms with Gasteiger partial charge in [-0.1, -0.05) is 29.8 Å². The van der Waals surface area contributed by atoms with Crippen molar-refractivity contribution in [3.05, 3.63) is 77.6 Å². The number of methoxy groups -OCH3 is 1. The van der Waals surface area contributed by atoms with Crippen LogP contribution in [0.15, 0.2) is 65.7 Å². The third-order valence-corrected chi connectivity index (χ3v) is 8.66. The number of hydrogen-bond acceptors (Lipinski definition) is 6. The predicted molar refractivity (Wildman–Crippen MR) is 131 cm³/mol. The molecule has 0 radical (unpaired) electrons. The van der Waals surface area contributed by atoms with Crippen LogP contribution in [-0.2, 0) is 16.4 Å². The summed E-state index contributed by atoms with van der Waals surface area (Å²) in [5.74, 6) is 0.871. The van der Waals surface area contributed by atoms with Crippen molar-refractivity contribution in [3.8, 4) is 5.75 Å². The van der Waals surface area contributed by atoms with E-state index in [2.05, 4.69) is 15.9 Å². The van der Waals surface area contributed by atoms with Crippen molar-refractivity contribution in [2.45, 2.75) is 30.7 Å². The molecule has 0 bridgehead atoms. The van der Waals surface area contributed by atoms with E-state index in [9.17, 15) is 13.2 Å². The number of ether oxygens (including phenoxy) is 1. The van der Waals surface area contributed by atoms with Crippen LogP contribution in [0.5, 0.6) is 5.75 Å². The van der Waals surface area contributed by atoms with E-state index in [-0.39, 0.29) is 16.7 Å². The largest absolute Gasteiger partial charge is 0.495 e. The predicted octanol–water partition coefficient (Wildman–Crippen LogP) is 3.36. The number of hydrogen-bond donors (Lipinski definition) is 0. The molecule has 1 unspecified atom stereocenters. The summed E-state index contributed by atoms with van der Waals surface area (Å²) in [5, 5.41) is 0. The van der Waals surface area contributed by atoms with E-state index in [1.807, 2.05) is 25.1 Å². The first-order valence-corrected chi connectivity index (χ1v) is 13.0. The molecule has 0 saturated carbocycles. The number of piperazine rings is 1. The van der Waals surface area contributed by atoms with Crippen LogP contribution in [0, 0.1) is 6.92 Å². The summed E-state index contributed by atoms with van der Waals surface area (Å²) in [7, 11) is -2.05. The lowest BCUT2D eigenvalue weighted by Gasteiger charge is -2.41. The van der Waals surface area contributed by atoms with Gasteiger partial charge in [0.2, 0.25) is 0 Å². The van der Waals surface area contributed by atoms with Gasteiger partial charge in [-0.25, -0.2) is 12.4 Å². The molecule has 8 heteroatoms. The number of anilines is 1. The van der Waals surface area contributed by atoms with Crippen LogP contribution >= 0.6 is 0 Å². The highest BCUT2D eigenvalue weighted by atomic mass is 32.2. The highest BCUT2D eigenvalue weighted by Crippen LogP contribution is 2.31. The zero-order valence-corrected chi connectivity index (χ0v) is 20.3. The Labute approximate surface area is 200 Å². The number of Topliss-reactive ketones (excluding diaryl/α,β-unsaturated/α-hetero) is 1. The first-order valence-electron chi connectivity index (χ1n) is 11.6. The number of aryl methyl sites for hydroxylation is 1. The third-order valence-electron chi connectivity index (χ3n) is 6.93. The van der Waals surface area contributed by atoms with Crippen LogP contribution in [-0.4, -0.2) is 62.4 Å². The number of benzene rings is 2. The average molecular weight is 480 g/mol. The highest BCUT2D eigenvalue weighted by Gasteiger charge is 2.37. The number of carbonyl (C=O) groups excluding carboxylic acids is 1. The van der Waals surface area contributed by atoms with Crippen LogP contribution in [0.3, 0.4) is 0 Å². The number of fused-ring (bicyclic) bond motifs is 1. The molecule has 2 aromatic carbocycles. The molecule has 0 N–H and O–H groups in total. The molecule has 7 nitrogen and oxygen atoms in total. The van der Waals surface area contributed by atoms with Gasteiger partial charge < -0.3 is 9.64 Å². The van der Waals surface area contributed by atoms with E-state index in [4.69, 9.17) is 4.74 Å². The second-order valence-corrected chi connectivity index (χ2v) is 10.7. The number of aromatic nitrogens is 1. The van der Waals surface area contributed by atoms with Crippen LogP contribution < -0.4 is 9.64 Å². The van der Waals surface area contributed by atoms with Gasteiger partial charge in [0.15, 0.2) is 5.78 Å². The zero-order valence-electron chi connectivity index (χ0n) is 19.5. The molecule has 2 heterocycles. The Morgan fingerprint density at radius 1 is 0.941 bits per heavy atom. The summed E-state index contributed by atoms with van der Waals surface area (Å²) in [6, 6.07) is 16.2. The Balaban J connectivity index is 1.32. The molecule has 1 saturated heterocycles. The van der Waals surface area contributed by atoms with E-state index < -0.39 is 10.0 Å². The first kappa shape index (κ1) is 22.7. The SMILES string of the molecule is COc1ccccc1N1CCN(C2CCc3c(ccn3S(=O)(=O)c3ccc(C)cc3)C2=O)CC1. The van der Waals surface area contributed by atoms with Gasteiger partial charge in [-0.05, 0) is 50.1 Å². The molecular weight excluding hydrogens is 450 g/mol. The standard InChI is InChI=1S/C26H29N3O4S/c1-19-7-9-20(10-8-19)34(31,32)29-14-13-21-22(29)11-12-24(26(21)30)28-17-15-27(16-18-28)23-5-3-4-6-25(23)33-2/h3-10,13-14,24H,11-12,15-18H2,1-2H3. The van der Waals surface area contributed by atoms with Crippen molar-refractivity contribution in [2.24, 2.45) is 0 Å². The maximum absolute atomic E-state index is 13.4. The number of carbonyl (C=O) groups is 1. The van der Waals surface area contributed by atoms with E-state index in [0.717, 1.165) is 43.2 Å². The number of ketones is 1. The molecule has 0 amide bonds. The molecular formula is C26H29N3O4S. The Kier molecular flexibility index (Phi) is 5.95. The van der Waals surface area contributed by atoms with Crippen molar-refractivity contribution in [1.29, 1.82) is 0 Å². The molecule has 3 aromatic rings. The number of para-hydroxylation sites is 2. The average Bonchev–Trinajstić information content (AvgIpc) is 3.31. The van der Waals surface area contributed by atoms with E-state index >= 15 is 0 Å². The third kappa shape index (κ3) is 3.91. The lowest BCUT2D eigenvalue weighted by atomic mass is 9.90. The second-order valence-electron chi connectivity index (χ2n) is 8.90. The quantitative estimate of drug-likeness (QED) is 0.559. The molecule has 1 aliphatic carbocycles. The van der Waals surface area contributed by atoms with Gasteiger partial charge in [0.25, 0.3) is 10.0 Å². The number of nitrogens with zero attached hydrogens (tertiary/aromatic N) is 3. The smallest absolute Gasteiger partial charge is 0.267 e. The molecule has 5 rings (SSSR count). The van der Waals surface area contributed by atoms with E-state index in [0.29, 0.717) is 24.1 Å². The summed E-state index contributed by atoms with van der Waals surface area (Å²) in [6.45, 7) is 5.07. The van der Waals surface area contributed by atoms with Crippen LogP contribution in [0.2, 0.25) is 0 Å². The second kappa shape index (κ2) is 8.92. The highest BCUT2D eigenvalue weighted by molar-refractivity contribution is 7.90. The molecule has 34 heavy (non-hydrogen) atoms. The summed E-state index contributed by atoms with van der Waals surface area (Å²) in [6.07, 6.45) is 2.70. The molecule has 1 fully saturated rings. The molecule has 0 spiro atoms. The van der Waals surface area contributed by atoms with Crippen molar-refractivity contribution in [1.82, 2.24) is 8.87 Å². The van der Waals surface area contributed by atoms with Crippen molar-refractivity contribution >= 4 is 21.5 Å². The monoisotopic (exact) mass is 479 g/mol. The van der Waals surface area contributed by atoms with Crippen molar-refractivity contribution < 1.29 is 17.9 Å². The van der Waals surface area contributed by atoms with Gasteiger partial charge in [-0.15, -0.1) is 0 Å². The fourth-order valence-corrected chi connectivity index (χ4v) is 6.47. The van der Waals surface area contributed by atoms with Gasteiger partial charge in [-0.2, -0.15) is 0 Å². The number of rotatable bonds is 5. The Hall–Kier alpha value is -3.10. The maximum Gasteiger partial charge on any atom is 0.267 e. The lowest BCUT2D eigenvalue weighted by molar-refractivity contribution is 0.0777. The summed E-state index contributed by atoms with van der Waals surface area (Å²) >= 11 is 0. The van der Waals surface area contributed by atoms with Gasteiger partial charge in [0, 0.05) is 43.6 Å². The Morgan fingerprint density at radius 2 is 1.65 bits per heavy atom. The van der Waals surface area contributed by atoms with Crippen LogP contribution in [0.4, 0.5) is 5.69 Å². The van der Waals surface area contributed by atoms with Gasteiger partial charge >= 0.3 is 0 Å². The zero-order chi connectivity index (χ0) is 23.9. The fourth-order valence-electron chi connectivity index (χ4n) is 5.06. The summed E-state index contributed by atoms with van der Waals surface area (Å²) in [4.78, 5) is 18.2. The van der Waals surface area contributed by atoms with Gasteiger partial charge in [0.1, 0.15) is 5.75 Å². The summed E-state index contributed by atoms with van der Waals surface area (Å²) in [5.41, 5.74) is 3.19. The minimum absolute atomic E-state index is 0.0184. The minimum atomic E-state index is -3.73. The summed E-state index contributed by atoms with van der Waals surface area (Å²) < 4.78 is 33.2. The molecule has 2 aliphatic rings. The van der Waals surface area contributed by atoms with E-state index in [1.54, 1.807) is 37.4 Å². The molecule has 178 valence electrons. The normalized spacial score (nSPS) is 19.2. The van der Waals surface area contributed by atoms with E-state index in [1.165, 1.54) is 10.2 Å². The Bertz CT molecular complexity index is 1310. The van der Waals surface area contributed by atoms with Crippen molar-refractivity contribution in [2.75, 3.05) is 38.2 Å². The Morgan fingerprint density at radius 3 is 2.35 bits per heavy atom. The molecule has 1 aliphatic heterocycles. The topological polar surface area (TPSA) is 71.8 Å².